The van der Waals surface area contributed by atoms with Gasteiger partial charge in [-0.25, -0.2) is 13.8 Å². The third-order valence-electron chi connectivity index (χ3n) is 5.41. The van der Waals surface area contributed by atoms with Gasteiger partial charge in [0.25, 0.3) is 0 Å². The van der Waals surface area contributed by atoms with Gasteiger partial charge in [0.2, 0.25) is 0 Å². The van der Waals surface area contributed by atoms with Gasteiger partial charge in [-0.05, 0) is 36.2 Å². The molecular weight excluding hydrogens is 422 g/mol. The summed E-state index contributed by atoms with van der Waals surface area (Å²) in [6.07, 6.45) is 0.776. The van der Waals surface area contributed by atoms with Crippen molar-refractivity contribution in [2.75, 3.05) is 4.90 Å². The van der Waals surface area contributed by atoms with Crippen LogP contribution in [0.4, 0.5) is 20.2 Å². The molecule has 4 rings (SSSR count). The van der Waals surface area contributed by atoms with Crippen LogP contribution in [-0.2, 0) is 20.0 Å². The minimum atomic E-state index is -0.812. The number of hydrogen-bond donors (Lipinski definition) is 2. The van der Waals surface area contributed by atoms with Crippen molar-refractivity contribution in [3.63, 3.8) is 0 Å². The molecule has 0 radical (unpaired) electrons. The summed E-state index contributed by atoms with van der Waals surface area (Å²) in [4.78, 5) is 6.16. The Morgan fingerprint density at radius 2 is 1.73 bits per heavy atom. The topological polar surface area (TPSA) is 83.8 Å². The zero-order valence-electron chi connectivity index (χ0n) is 18.4. The molecule has 0 unspecified atom stereocenters. The van der Waals surface area contributed by atoms with Crippen LogP contribution in [-0.4, -0.2) is 20.6 Å². The second-order valence-electron chi connectivity index (χ2n) is 7.65. The number of nitrogens with one attached hydrogen (secondary N) is 1. The van der Waals surface area contributed by atoms with E-state index in [0.717, 1.165) is 29.7 Å². The lowest BCUT2D eigenvalue weighted by molar-refractivity contribution is 0.576. The van der Waals surface area contributed by atoms with Gasteiger partial charge in [-0.1, -0.05) is 49.4 Å². The number of anilines is 2. The van der Waals surface area contributed by atoms with Crippen LogP contribution in [0, 0.1) is 17.0 Å². The van der Waals surface area contributed by atoms with E-state index in [2.05, 4.69) is 10.1 Å². The van der Waals surface area contributed by atoms with E-state index in [-0.39, 0.29) is 17.8 Å². The highest BCUT2D eigenvalue weighted by Gasteiger charge is 2.23. The first kappa shape index (κ1) is 22.1. The Balaban J connectivity index is 1.82. The normalized spacial score (nSPS) is 10.9. The quantitative estimate of drug-likeness (QED) is 0.311. The van der Waals surface area contributed by atoms with Gasteiger partial charge >= 0.3 is 0 Å². The first-order valence-electron chi connectivity index (χ1n) is 10.5. The summed E-state index contributed by atoms with van der Waals surface area (Å²) in [5, 5.41) is 12.0. The van der Waals surface area contributed by atoms with Crippen LogP contribution in [0.2, 0.25) is 0 Å². The standard InChI is InChI=1S/C25H24F2N6/c1-3-16-8-7-11-19(12-16)33(23-20(26)13-18(24(28)29)14-21(23)27)15-22-30-25(31-32(22)2)17-9-5-4-6-10-17/h4-14H,3,15H2,1-2H3,(H3,28,29). The molecule has 1 heterocycles. The number of nitrogens with two attached hydrogens (primary N) is 1. The average molecular weight is 447 g/mol. The second kappa shape index (κ2) is 9.20. The van der Waals surface area contributed by atoms with Crippen molar-refractivity contribution in [3.05, 3.63) is 95.3 Å². The van der Waals surface area contributed by atoms with Gasteiger partial charge in [-0.2, -0.15) is 5.10 Å². The molecule has 0 aliphatic rings. The van der Waals surface area contributed by atoms with Crippen LogP contribution >= 0.6 is 0 Å². The van der Waals surface area contributed by atoms with Crippen molar-refractivity contribution in [3.8, 4) is 11.4 Å². The van der Waals surface area contributed by atoms with Crippen molar-refractivity contribution < 1.29 is 8.78 Å². The highest BCUT2D eigenvalue weighted by molar-refractivity contribution is 5.95. The Morgan fingerprint density at radius 1 is 1.03 bits per heavy atom. The molecule has 33 heavy (non-hydrogen) atoms. The summed E-state index contributed by atoms with van der Waals surface area (Å²) in [5.74, 6) is -0.965. The van der Waals surface area contributed by atoms with E-state index in [1.807, 2.05) is 55.5 Å². The van der Waals surface area contributed by atoms with Gasteiger partial charge in [0, 0.05) is 23.9 Å². The van der Waals surface area contributed by atoms with E-state index in [0.29, 0.717) is 17.3 Å². The zero-order valence-corrected chi connectivity index (χ0v) is 18.4. The van der Waals surface area contributed by atoms with E-state index in [4.69, 9.17) is 11.1 Å². The van der Waals surface area contributed by atoms with Gasteiger partial charge in [0.15, 0.2) is 17.5 Å². The number of aromatic nitrogens is 3. The molecular formula is C25H24F2N6. The number of nitrogens with zero attached hydrogens (tertiary/aromatic N) is 4. The molecule has 0 saturated heterocycles. The van der Waals surface area contributed by atoms with E-state index in [1.54, 1.807) is 17.8 Å². The molecule has 168 valence electrons. The van der Waals surface area contributed by atoms with E-state index in [9.17, 15) is 0 Å². The van der Waals surface area contributed by atoms with Crippen molar-refractivity contribution >= 4 is 17.2 Å². The molecule has 0 spiro atoms. The molecule has 3 N–H and O–H groups in total. The Kier molecular flexibility index (Phi) is 6.17. The van der Waals surface area contributed by atoms with E-state index in [1.165, 1.54) is 4.90 Å². The molecule has 0 saturated carbocycles. The Bertz CT molecular complexity index is 1280. The molecule has 8 heteroatoms. The van der Waals surface area contributed by atoms with Crippen molar-refractivity contribution in [2.45, 2.75) is 19.9 Å². The first-order chi connectivity index (χ1) is 15.9. The minimum Gasteiger partial charge on any atom is -0.384 e. The molecule has 3 aromatic carbocycles. The number of hydrogen-bond acceptors (Lipinski definition) is 4. The summed E-state index contributed by atoms with van der Waals surface area (Å²) in [5.41, 5.74) is 7.69. The van der Waals surface area contributed by atoms with Crippen LogP contribution in [0.15, 0.2) is 66.7 Å². The van der Waals surface area contributed by atoms with Gasteiger partial charge in [0.1, 0.15) is 17.3 Å². The Labute approximate surface area is 190 Å². The third kappa shape index (κ3) is 4.59. The maximum absolute atomic E-state index is 15.2. The number of halogens is 2. The molecule has 0 atom stereocenters. The summed E-state index contributed by atoms with van der Waals surface area (Å²) < 4.78 is 32.0. The number of benzene rings is 3. The summed E-state index contributed by atoms with van der Waals surface area (Å²) in [7, 11) is 1.75. The van der Waals surface area contributed by atoms with Crippen LogP contribution in [0.3, 0.4) is 0 Å². The predicted octanol–water partition coefficient (Wildman–Crippen LogP) is 4.95. The zero-order chi connectivity index (χ0) is 23.5. The average Bonchev–Trinajstić information content (AvgIpc) is 3.18. The Morgan fingerprint density at radius 3 is 2.36 bits per heavy atom. The SMILES string of the molecule is CCc1cccc(N(Cc2nc(-c3ccccc3)nn2C)c2c(F)cc(C(=N)N)cc2F)c1. The number of amidine groups is 1. The van der Waals surface area contributed by atoms with E-state index >= 15 is 8.78 Å². The summed E-state index contributed by atoms with van der Waals surface area (Å²) in [6.45, 7) is 2.10. The Hall–Kier alpha value is -4.07. The number of aryl methyl sites for hydroxylation is 2. The highest BCUT2D eigenvalue weighted by Crippen LogP contribution is 2.33. The number of rotatable bonds is 7. The summed E-state index contributed by atoms with van der Waals surface area (Å²) in [6, 6.07) is 19.2. The molecule has 4 aromatic rings. The van der Waals surface area contributed by atoms with Gasteiger partial charge in [-0.15, -0.1) is 0 Å². The fourth-order valence-corrected chi connectivity index (χ4v) is 3.63. The third-order valence-corrected chi connectivity index (χ3v) is 5.41. The first-order valence-corrected chi connectivity index (χ1v) is 10.5. The molecule has 0 aliphatic carbocycles. The van der Waals surface area contributed by atoms with Gasteiger partial charge in [0.05, 0.1) is 6.54 Å². The highest BCUT2D eigenvalue weighted by atomic mass is 19.1. The maximum Gasteiger partial charge on any atom is 0.181 e. The van der Waals surface area contributed by atoms with Crippen molar-refractivity contribution in [2.24, 2.45) is 12.8 Å². The van der Waals surface area contributed by atoms with Gasteiger partial charge in [-0.3, -0.25) is 10.1 Å². The fraction of sp³-hybridized carbons (Fsp3) is 0.160. The fourth-order valence-electron chi connectivity index (χ4n) is 3.63. The van der Waals surface area contributed by atoms with Crippen LogP contribution in [0.5, 0.6) is 0 Å². The van der Waals surface area contributed by atoms with Crippen molar-refractivity contribution in [1.29, 1.82) is 5.41 Å². The van der Waals surface area contributed by atoms with E-state index < -0.39 is 17.5 Å². The van der Waals surface area contributed by atoms with Crippen LogP contribution in [0.25, 0.3) is 11.4 Å². The number of nitrogen functional groups attached to an aromatic ring is 1. The molecule has 1 aromatic heterocycles. The second-order valence-corrected chi connectivity index (χ2v) is 7.65. The van der Waals surface area contributed by atoms with Crippen molar-refractivity contribution in [1.82, 2.24) is 14.8 Å². The van der Waals surface area contributed by atoms with Gasteiger partial charge < -0.3 is 10.6 Å². The van der Waals surface area contributed by atoms with Crippen LogP contribution in [0.1, 0.15) is 23.9 Å². The largest absolute Gasteiger partial charge is 0.384 e. The lowest BCUT2D eigenvalue weighted by atomic mass is 10.1. The monoisotopic (exact) mass is 446 g/mol. The molecule has 0 bridgehead atoms. The summed E-state index contributed by atoms with van der Waals surface area (Å²) >= 11 is 0. The molecule has 0 fully saturated rings. The minimum absolute atomic E-state index is 0.0129. The smallest absolute Gasteiger partial charge is 0.181 e. The van der Waals surface area contributed by atoms with Crippen LogP contribution < -0.4 is 10.6 Å². The molecule has 6 nitrogen and oxygen atoms in total. The molecule has 0 aliphatic heterocycles. The predicted molar refractivity (Wildman–Crippen MR) is 125 cm³/mol. The lowest BCUT2D eigenvalue weighted by Crippen LogP contribution is -2.22. The maximum atomic E-state index is 15.2. The lowest BCUT2D eigenvalue weighted by Gasteiger charge is -2.26. The molecule has 0 amide bonds.